The lowest BCUT2D eigenvalue weighted by Gasteiger charge is -2.31. The van der Waals surface area contributed by atoms with Crippen LogP contribution in [-0.4, -0.2) is 47.3 Å². The summed E-state index contributed by atoms with van der Waals surface area (Å²) in [7, 11) is 0. The Labute approximate surface area is 132 Å². The van der Waals surface area contributed by atoms with E-state index in [-0.39, 0.29) is 25.2 Å². The van der Waals surface area contributed by atoms with Crippen LogP contribution in [0.5, 0.6) is 5.75 Å². The smallest absolute Gasteiger partial charge is 0.241 e. The zero-order valence-corrected chi connectivity index (χ0v) is 13.6. The number of hydrogen-bond acceptors (Lipinski definition) is 4. The Morgan fingerprint density at radius 2 is 1.91 bits per heavy atom. The third kappa shape index (κ3) is 3.99. The molecule has 1 aliphatic rings. The van der Waals surface area contributed by atoms with Crippen molar-refractivity contribution in [2.45, 2.75) is 51.7 Å². The van der Waals surface area contributed by atoms with Crippen molar-refractivity contribution in [2.75, 3.05) is 18.5 Å². The van der Waals surface area contributed by atoms with Gasteiger partial charge in [-0.2, -0.15) is 0 Å². The van der Waals surface area contributed by atoms with Crippen molar-refractivity contribution in [3.8, 4) is 5.75 Å². The Morgan fingerprint density at radius 1 is 1.32 bits per heavy atom. The molecule has 5 heteroatoms. The number of carbonyl (C=O) groups excluding carboxylic acids is 1. The molecule has 1 fully saturated rings. The number of aliphatic hydroxyl groups is 1. The summed E-state index contributed by atoms with van der Waals surface area (Å²) in [6, 6.07) is 7.96. The molecule has 0 spiro atoms. The summed E-state index contributed by atoms with van der Waals surface area (Å²) in [5.41, 5.74) is 0.757. The van der Waals surface area contributed by atoms with Crippen LogP contribution >= 0.6 is 0 Å². The lowest BCUT2D eigenvalue weighted by molar-refractivity contribution is -0.121. The number of amides is 1. The normalized spacial score (nSPS) is 23.3. The van der Waals surface area contributed by atoms with Crippen LogP contribution in [0.25, 0.3) is 0 Å². The molecule has 22 heavy (non-hydrogen) atoms. The second-order valence-corrected chi connectivity index (χ2v) is 5.98. The SMILES string of the molecule is C[C@@H]1CC[C@H](C)N1[C@@H](C)C(=O)Nc1ccc(OCCO)cc1. The third-order valence-electron chi connectivity index (χ3n) is 4.33. The summed E-state index contributed by atoms with van der Waals surface area (Å²) < 4.78 is 5.30. The van der Waals surface area contributed by atoms with Gasteiger partial charge in [-0.15, -0.1) is 0 Å². The molecular formula is C17H26N2O3. The highest BCUT2D eigenvalue weighted by molar-refractivity contribution is 5.94. The van der Waals surface area contributed by atoms with Crippen LogP contribution in [0.3, 0.4) is 0 Å². The zero-order chi connectivity index (χ0) is 16.1. The quantitative estimate of drug-likeness (QED) is 0.846. The van der Waals surface area contributed by atoms with E-state index in [9.17, 15) is 4.79 Å². The summed E-state index contributed by atoms with van der Waals surface area (Å²) in [4.78, 5) is 14.7. The molecule has 0 saturated carbocycles. The first kappa shape index (κ1) is 16.8. The van der Waals surface area contributed by atoms with Crippen LogP contribution in [-0.2, 0) is 4.79 Å². The fraction of sp³-hybridized carbons (Fsp3) is 0.588. The Hall–Kier alpha value is -1.59. The molecule has 1 amide bonds. The van der Waals surface area contributed by atoms with Gasteiger partial charge in [-0.25, -0.2) is 0 Å². The number of carbonyl (C=O) groups is 1. The molecule has 5 nitrogen and oxygen atoms in total. The van der Waals surface area contributed by atoms with E-state index in [1.165, 1.54) is 0 Å². The Kier molecular flexibility index (Phi) is 5.80. The van der Waals surface area contributed by atoms with Gasteiger partial charge in [-0.05, 0) is 57.9 Å². The molecule has 2 rings (SSSR count). The van der Waals surface area contributed by atoms with Gasteiger partial charge in [0, 0.05) is 17.8 Å². The second-order valence-electron chi connectivity index (χ2n) is 5.98. The molecule has 2 N–H and O–H groups in total. The highest BCUT2D eigenvalue weighted by atomic mass is 16.5. The van der Waals surface area contributed by atoms with Crippen molar-refractivity contribution in [1.29, 1.82) is 0 Å². The van der Waals surface area contributed by atoms with Crippen molar-refractivity contribution in [2.24, 2.45) is 0 Å². The summed E-state index contributed by atoms with van der Waals surface area (Å²) >= 11 is 0. The van der Waals surface area contributed by atoms with Gasteiger partial charge in [0.2, 0.25) is 5.91 Å². The average molecular weight is 306 g/mol. The van der Waals surface area contributed by atoms with Crippen molar-refractivity contribution >= 4 is 11.6 Å². The monoisotopic (exact) mass is 306 g/mol. The lowest BCUT2D eigenvalue weighted by atomic mass is 10.2. The zero-order valence-electron chi connectivity index (χ0n) is 13.6. The number of nitrogens with zero attached hydrogens (tertiary/aromatic N) is 1. The number of likely N-dealkylation sites (tertiary alicyclic amines) is 1. The summed E-state index contributed by atoms with van der Waals surface area (Å²) in [5, 5.41) is 11.7. The number of rotatable bonds is 6. The number of nitrogens with one attached hydrogen (secondary N) is 1. The molecule has 1 heterocycles. The van der Waals surface area contributed by atoms with Gasteiger partial charge >= 0.3 is 0 Å². The first-order valence-corrected chi connectivity index (χ1v) is 7.95. The lowest BCUT2D eigenvalue weighted by Crippen LogP contribution is -2.46. The van der Waals surface area contributed by atoms with Crippen LogP contribution in [0.4, 0.5) is 5.69 Å². The minimum atomic E-state index is -0.141. The first-order valence-electron chi connectivity index (χ1n) is 7.95. The van der Waals surface area contributed by atoms with Gasteiger partial charge in [0.05, 0.1) is 12.6 Å². The predicted molar refractivity (Wildman–Crippen MR) is 87.1 cm³/mol. The molecule has 3 atom stereocenters. The molecule has 0 unspecified atom stereocenters. The summed E-state index contributed by atoms with van der Waals surface area (Å²) in [6.07, 6.45) is 2.30. The predicted octanol–water partition coefficient (Wildman–Crippen LogP) is 2.26. The van der Waals surface area contributed by atoms with Crippen LogP contribution in [0.15, 0.2) is 24.3 Å². The van der Waals surface area contributed by atoms with Crippen molar-refractivity contribution < 1.29 is 14.6 Å². The largest absolute Gasteiger partial charge is 0.491 e. The Morgan fingerprint density at radius 3 is 2.45 bits per heavy atom. The third-order valence-corrected chi connectivity index (χ3v) is 4.33. The highest BCUT2D eigenvalue weighted by Gasteiger charge is 2.34. The standard InChI is InChI=1S/C17H26N2O3/c1-12-4-5-13(2)19(12)14(3)17(21)18-15-6-8-16(9-7-15)22-11-10-20/h6-9,12-14,20H,4-5,10-11H2,1-3H3,(H,18,21)/t12-,13+,14-/m0/s1. The molecular weight excluding hydrogens is 280 g/mol. The number of ether oxygens (including phenoxy) is 1. The molecule has 1 aromatic carbocycles. The highest BCUT2D eigenvalue weighted by Crippen LogP contribution is 2.26. The molecule has 1 aromatic rings. The first-order chi connectivity index (χ1) is 10.5. The Bertz CT molecular complexity index is 479. The molecule has 0 aliphatic carbocycles. The maximum Gasteiger partial charge on any atom is 0.241 e. The van der Waals surface area contributed by atoms with Gasteiger partial charge < -0.3 is 15.2 Å². The van der Waals surface area contributed by atoms with Gasteiger partial charge in [-0.1, -0.05) is 0 Å². The molecule has 0 bridgehead atoms. The van der Waals surface area contributed by atoms with Crippen molar-refractivity contribution in [3.63, 3.8) is 0 Å². The fourth-order valence-electron chi connectivity index (χ4n) is 3.16. The van der Waals surface area contributed by atoms with Crippen LogP contribution in [0.2, 0.25) is 0 Å². The topological polar surface area (TPSA) is 61.8 Å². The van der Waals surface area contributed by atoms with Crippen LogP contribution < -0.4 is 10.1 Å². The Balaban J connectivity index is 1.93. The van der Waals surface area contributed by atoms with Gasteiger partial charge in [0.15, 0.2) is 0 Å². The van der Waals surface area contributed by atoms with Gasteiger partial charge in [-0.3, -0.25) is 9.69 Å². The van der Waals surface area contributed by atoms with Gasteiger partial charge in [0.1, 0.15) is 12.4 Å². The minimum Gasteiger partial charge on any atom is -0.491 e. The van der Waals surface area contributed by atoms with E-state index in [4.69, 9.17) is 9.84 Å². The summed E-state index contributed by atoms with van der Waals surface area (Å²) in [5.74, 6) is 0.700. The van der Waals surface area contributed by atoms with Crippen LogP contribution in [0, 0.1) is 0 Å². The van der Waals surface area contributed by atoms with E-state index in [1.807, 2.05) is 19.1 Å². The molecule has 122 valence electrons. The van der Waals surface area contributed by atoms with E-state index in [1.54, 1.807) is 12.1 Å². The molecule has 1 aliphatic heterocycles. The van der Waals surface area contributed by atoms with Crippen molar-refractivity contribution in [1.82, 2.24) is 4.90 Å². The van der Waals surface area contributed by atoms with E-state index in [0.717, 1.165) is 18.5 Å². The number of benzene rings is 1. The number of hydrogen-bond donors (Lipinski definition) is 2. The fourth-order valence-corrected chi connectivity index (χ4v) is 3.16. The molecule has 1 saturated heterocycles. The van der Waals surface area contributed by atoms with Crippen LogP contribution in [0.1, 0.15) is 33.6 Å². The maximum atomic E-state index is 12.4. The summed E-state index contributed by atoms with van der Waals surface area (Å²) in [6.45, 7) is 6.59. The maximum absolute atomic E-state index is 12.4. The van der Waals surface area contributed by atoms with E-state index >= 15 is 0 Å². The van der Waals surface area contributed by atoms with Gasteiger partial charge in [0.25, 0.3) is 0 Å². The second kappa shape index (κ2) is 7.61. The minimum absolute atomic E-state index is 0.0117. The number of anilines is 1. The molecule has 0 aromatic heterocycles. The number of aliphatic hydroxyl groups excluding tert-OH is 1. The molecule has 0 radical (unpaired) electrons. The van der Waals surface area contributed by atoms with E-state index in [2.05, 4.69) is 24.1 Å². The van der Waals surface area contributed by atoms with E-state index in [0.29, 0.717) is 17.8 Å². The van der Waals surface area contributed by atoms with E-state index < -0.39 is 0 Å². The average Bonchev–Trinajstić information content (AvgIpc) is 2.85. The van der Waals surface area contributed by atoms with Crippen molar-refractivity contribution in [3.05, 3.63) is 24.3 Å².